The second-order valence-corrected chi connectivity index (χ2v) is 4.23. The van der Waals surface area contributed by atoms with Crippen LogP contribution in [0.4, 0.5) is 5.69 Å². The Morgan fingerprint density at radius 1 is 1.41 bits per heavy atom. The number of rotatable bonds is 5. The molecule has 0 bridgehead atoms. The highest BCUT2D eigenvalue weighted by molar-refractivity contribution is 5.76. The minimum absolute atomic E-state index is 0.299. The van der Waals surface area contributed by atoms with Gasteiger partial charge in [0, 0.05) is 25.3 Å². The molecule has 0 radical (unpaired) electrons. The summed E-state index contributed by atoms with van der Waals surface area (Å²) in [5.74, 6) is -0.299. The molecular weight excluding hydrogens is 216 g/mol. The van der Waals surface area contributed by atoms with E-state index in [0.717, 1.165) is 25.9 Å². The van der Waals surface area contributed by atoms with Crippen molar-refractivity contribution in [1.82, 2.24) is 5.32 Å². The van der Waals surface area contributed by atoms with Crippen LogP contribution in [0.5, 0.6) is 0 Å². The van der Waals surface area contributed by atoms with Gasteiger partial charge in [0.05, 0.1) is 0 Å². The van der Waals surface area contributed by atoms with Crippen molar-refractivity contribution in [3.8, 4) is 0 Å². The molecule has 92 valence electrons. The molecule has 1 heterocycles. The van der Waals surface area contributed by atoms with Crippen LogP contribution >= 0.6 is 0 Å². The number of hydrogen-bond donors (Lipinski definition) is 2. The van der Waals surface area contributed by atoms with Crippen LogP contribution in [0.15, 0.2) is 24.3 Å². The van der Waals surface area contributed by atoms with Gasteiger partial charge in [-0.05, 0) is 24.5 Å². The number of nitrogens with one attached hydrogen (secondary N) is 1. The summed E-state index contributed by atoms with van der Waals surface area (Å²) in [6.45, 7) is 2.21. The van der Waals surface area contributed by atoms with E-state index in [2.05, 4.69) is 34.5 Å². The number of aliphatic hydroxyl groups excluding tert-OH is 1. The Labute approximate surface area is 101 Å². The predicted octanol–water partition coefficient (Wildman–Crippen LogP) is 0.548. The molecule has 0 unspecified atom stereocenters. The highest BCUT2D eigenvalue weighted by Gasteiger charge is 2.17. The van der Waals surface area contributed by atoms with E-state index in [1.807, 2.05) is 0 Å². The lowest BCUT2D eigenvalue weighted by molar-refractivity contribution is -0.123. The summed E-state index contributed by atoms with van der Waals surface area (Å²) < 4.78 is 0. The number of hydrogen-bond acceptors (Lipinski definition) is 3. The first kappa shape index (κ1) is 11.9. The smallest absolute Gasteiger partial charge is 0.245 e. The minimum atomic E-state index is -0.424. The van der Waals surface area contributed by atoms with Gasteiger partial charge >= 0.3 is 0 Å². The monoisotopic (exact) mass is 234 g/mol. The Bertz CT molecular complexity index is 393. The first-order valence-corrected chi connectivity index (χ1v) is 6.01. The molecule has 1 aliphatic heterocycles. The topological polar surface area (TPSA) is 52.6 Å². The first-order valence-electron chi connectivity index (χ1n) is 6.01. The fourth-order valence-electron chi connectivity index (χ4n) is 2.19. The Morgan fingerprint density at radius 3 is 3.06 bits per heavy atom. The number of carbonyl (C=O) groups is 1. The Balaban J connectivity index is 1.76. The molecule has 0 spiro atoms. The number of amides is 1. The number of carbonyl (C=O) groups excluding carboxylic acids is 1. The fourth-order valence-corrected chi connectivity index (χ4v) is 2.19. The van der Waals surface area contributed by atoms with Gasteiger partial charge in [0.15, 0.2) is 0 Å². The van der Waals surface area contributed by atoms with E-state index in [4.69, 9.17) is 5.11 Å². The summed E-state index contributed by atoms with van der Waals surface area (Å²) in [5.41, 5.74) is 2.73. The van der Waals surface area contributed by atoms with E-state index in [1.54, 1.807) is 0 Å². The molecule has 0 aromatic heterocycles. The number of benzene rings is 1. The van der Waals surface area contributed by atoms with Crippen LogP contribution in [0.3, 0.4) is 0 Å². The zero-order valence-corrected chi connectivity index (χ0v) is 9.85. The van der Waals surface area contributed by atoms with Crippen molar-refractivity contribution in [3.63, 3.8) is 0 Å². The van der Waals surface area contributed by atoms with Crippen molar-refractivity contribution < 1.29 is 9.90 Å². The SMILES string of the molecule is O=C(CO)NCCCN1CCc2ccccc21. The molecule has 4 nitrogen and oxygen atoms in total. The van der Waals surface area contributed by atoms with Gasteiger partial charge < -0.3 is 15.3 Å². The third-order valence-corrected chi connectivity index (χ3v) is 3.05. The van der Waals surface area contributed by atoms with Crippen molar-refractivity contribution in [3.05, 3.63) is 29.8 Å². The maximum atomic E-state index is 10.8. The van der Waals surface area contributed by atoms with E-state index >= 15 is 0 Å². The lowest BCUT2D eigenvalue weighted by Crippen LogP contribution is -2.30. The van der Waals surface area contributed by atoms with Crippen molar-refractivity contribution in [2.45, 2.75) is 12.8 Å². The zero-order valence-electron chi connectivity index (χ0n) is 9.85. The van der Waals surface area contributed by atoms with E-state index in [9.17, 15) is 4.79 Å². The van der Waals surface area contributed by atoms with Gasteiger partial charge in [-0.25, -0.2) is 0 Å². The van der Waals surface area contributed by atoms with E-state index in [1.165, 1.54) is 11.3 Å². The maximum Gasteiger partial charge on any atom is 0.245 e. The molecule has 0 atom stereocenters. The number of aliphatic hydroxyl groups is 1. The van der Waals surface area contributed by atoms with Crippen molar-refractivity contribution in [2.24, 2.45) is 0 Å². The molecule has 1 aromatic rings. The molecule has 1 amide bonds. The van der Waals surface area contributed by atoms with Gasteiger partial charge in [0.25, 0.3) is 0 Å². The summed E-state index contributed by atoms with van der Waals surface area (Å²) >= 11 is 0. The van der Waals surface area contributed by atoms with Crippen molar-refractivity contribution >= 4 is 11.6 Å². The Hall–Kier alpha value is -1.55. The van der Waals surface area contributed by atoms with Crippen LogP contribution in [-0.4, -0.2) is 37.3 Å². The third-order valence-electron chi connectivity index (χ3n) is 3.05. The summed E-state index contributed by atoms with van der Waals surface area (Å²) in [6, 6.07) is 8.45. The predicted molar refractivity (Wildman–Crippen MR) is 67.1 cm³/mol. The van der Waals surface area contributed by atoms with Crippen molar-refractivity contribution in [2.75, 3.05) is 31.1 Å². The summed E-state index contributed by atoms with van der Waals surface area (Å²) in [6.07, 6.45) is 2.01. The molecule has 2 N–H and O–H groups in total. The van der Waals surface area contributed by atoms with Crippen LogP contribution in [0, 0.1) is 0 Å². The van der Waals surface area contributed by atoms with Crippen LogP contribution in [-0.2, 0) is 11.2 Å². The van der Waals surface area contributed by atoms with Gasteiger partial charge in [-0.3, -0.25) is 4.79 Å². The second-order valence-electron chi connectivity index (χ2n) is 4.23. The average Bonchev–Trinajstić information content (AvgIpc) is 2.78. The third kappa shape index (κ3) is 2.97. The molecule has 0 fully saturated rings. The first-order chi connectivity index (χ1) is 8.31. The molecule has 1 aliphatic rings. The molecule has 1 aromatic carbocycles. The lowest BCUT2D eigenvalue weighted by Gasteiger charge is -2.19. The van der Waals surface area contributed by atoms with Gasteiger partial charge in [-0.1, -0.05) is 18.2 Å². The molecular formula is C13H18N2O2. The fraction of sp³-hybridized carbons (Fsp3) is 0.462. The van der Waals surface area contributed by atoms with Gasteiger partial charge in [-0.15, -0.1) is 0 Å². The largest absolute Gasteiger partial charge is 0.387 e. The van der Waals surface area contributed by atoms with Crippen LogP contribution in [0.1, 0.15) is 12.0 Å². The average molecular weight is 234 g/mol. The second kappa shape index (κ2) is 5.68. The van der Waals surface area contributed by atoms with E-state index in [0.29, 0.717) is 6.54 Å². The van der Waals surface area contributed by atoms with Crippen LogP contribution in [0.25, 0.3) is 0 Å². The lowest BCUT2D eigenvalue weighted by atomic mass is 10.2. The quantitative estimate of drug-likeness (QED) is 0.731. The minimum Gasteiger partial charge on any atom is -0.387 e. The maximum absolute atomic E-state index is 10.8. The number of nitrogens with zero attached hydrogens (tertiary/aromatic N) is 1. The number of fused-ring (bicyclic) bond motifs is 1. The molecule has 0 saturated carbocycles. The summed E-state index contributed by atoms with van der Waals surface area (Å²) in [4.78, 5) is 13.2. The molecule has 0 saturated heterocycles. The van der Waals surface area contributed by atoms with Crippen molar-refractivity contribution in [1.29, 1.82) is 0 Å². The highest BCUT2D eigenvalue weighted by atomic mass is 16.3. The number of para-hydroxylation sites is 1. The molecule has 17 heavy (non-hydrogen) atoms. The molecule has 0 aliphatic carbocycles. The van der Waals surface area contributed by atoms with Crippen LogP contribution < -0.4 is 10.2 Å². The zero-order chi connectivity index (χ0) is 12.1. The molecule has 4 heteroatoms. The van der Waals surface area contributed by atoms with E-state index in [-0.39, 0.29) is 5.91 Å². The van der Waals surface area contributed by atoms with Gasteiger partial charge in [-0.2, -0.15) is 0 Å². The van der Waals surface area contributed by atoms with E-state index < -0.39 is 6.61 Å². The van der Waals surface area contributed by atoms with Gasteiger partial charge in [0.1, 0.15) is 6.61 Å². The standard InChI is InChI=1S/C13H18N2O2/c16-10-13(17)14-7-3-8-15-9-6-11-4-1-2-5-12(11)15/h1-2,4-5,16H,3,6-10H2,(H,14,17). The normalized spacial score (nSPS) is 13.6. The Morgan fingerprint density at radius 2 is 2.24 bits per heavy atom. The van der Waals surface area contributed by atoms with Crippen LogP contribution in [0.2, 0.25) is 0 Å². The molecule has 2 rings (SSSR count). The van der Waals surface area contributed by atoms with Gasteiger partial charge in [0.2, 0.25) is 5.91 Å². The highest BCUT2D eigenvalue weighted by Crippen LogP contribution is 2.26. The number of anilines is 1. The summed E-state index contributed by atoms with van der Waals surface area (Å²) in [5, 5.41) is 11.2. The Kier molecular flexibility index (Phi) is 3.98. The summed E-state index contributed by atoms with van der Waals surface area (Å²) in [7, 11) is 0.